The molecule has 3 N–H and O–H groups in total. The molecule has 7 heteroatoms. The number of halogens is 3. The molecule has 1 aliphatic heterocycles. The van der Waals surface area contributed by atoms with Gasteiger partial charge in [0, 0.05) is 5.92 Å². The maximum absolute atomic E-state index is 13.4. The van der Waals surface area contributed by atoms with Gasteiger partial charge in [-0.1, -0.05) is 0 Å². The minimum absolute atomic E-state index is 0. The zero-order chi connectivity index (χ0) is 9.97. The van der Waals surface area contributed by atoms with Gasteiger partial charge in [0.2, 0.25) is 5.95 Å². The van der Waals surface area contributed by atoms with E-state index in [1.165, 1.54) is 0 Å². The van der Waals surface area contributed by atoms with Gasteiger partial charge in [0.1, 0.15) is 0 Å². The van der Waals surface area contributed by atoms with Gasteiger partial charge in [-0.2, -0.15) is 0 Å². The lowest BCUT2D eigenvalue weighted by molar-refractivity contribution is 0.434. The monoisotopic (exact) mass is 268 g/mol. The number of nitrogens with two attached hydrogens (primary N) is 1. The van der Waals surface area contributed by atoms with Crippen LogP contribution in [0.25, 0.3) is 0 Å². The van der Waals surface area contributed by atoms with E-state index < -0.39 is 0 Å². The van der Waals surface area contributed by atoms with E-state index in [9.17, 15) is 4.39 Å². The Morgan fingerprint density at radius 2 is 1.94 bits per heavy atom. The number of nitrogens with one attached hydrogen (secondary N) is 1. The van der Waals surface area contributed by atoms with Crippen LogP contribution in [0, 0.1) is 5.82 Å². The van der Waals surface area contributed by atoms with Crippen molar-refractivity contribution in [3.05, 3.63) is 17.7 Å². The van der Waals surface area contributed by atoms with Gasteiger partial charge in [-0.3, -0.25) is 0 Å². The molecule has 2 rings (SSSR count). The third-order valence-electron chi connectivity index (χ3n) is 2.52. The highest BCUT2D eigenvalue weighted by molar-refractivity contribution is 5.85. The summed E-state index contributed by atoms with van der Waals surface area (Å²) >= 11 is 0. The van der Waals surface area contributed by atoms with Crippen molar-refractivity contribution in [1.82, 2.24) is 15.3 Å². The summed E-state index contributed by atoms with van der Waals surface area (Å²) in [5, 5.41) is 3.22. The van der Waals surface area contributed by atoms with Crippen molar-refractivity contribution in [2.24, 2.45) is 0 Å². The van der Waals surface area contributed by atoms with E-state index in [2.05, 4.69) is 15.3 Å². The molecule has 0 aliphatic carbocycles. The summed E-state index contributed by atoms with van der Waals surface area (Å²) in [4.78, 5) is 7.57. The molecule has 0 spiro atoms. The Balaban J connectivity index is 0.00000112. The van der Waals surface area contributed by atoms with Crippen molar-refractivity contribution >= 4 is 30.8 Å². The van der Waals surface area contributed by atoms with E-state index in [1.54, 1.807) is 0 Å². The molecule has 16 heavy (non-hydrogen) atoms. The molecule has 0 aromatic carbocycles. The average Bonchev–Trinajstić information content (AvgIpc) is 2.23. The second kappa shape index (κ2) is 6.83. The third-order valence-corrected chi connectivity index (χ3v) is 2.52. The lowest BCUT2D eigenvalue weighted by Crippen LogP contribution is -2.27. The van der Waals surface area contributed by atoms with Crippen LogP contribution in [0.15, 0.2) is 6.20 Å². The molecule has 92 valence electrons. The largest absolute Gasteiger partial charge is 0.368 e. The first-order valence-corrected chi connectivity index (χ1v) is 4.76. The van der Waals surface area contributed by atoms with Gasteiger partial charge in [0.25, 0.3) is 0 Å². The first-order chi connectivity index (χ1) is 6.77. The fraction of sp³-hybridized carbons (Fsp3) is 0.556. The Morgan fingerprint density at radius 3 is 2.56 bits per heavy atom. The maximum atomic E-state index is 13.4. The predicted octanol–water partition coefficient (Wildman–Crippen LogP) is 1.51. The molecule has 1 saturated heterocycles. The topological polar surface area (TPSA) is 63.8 Å². The average molecular weight is 269 g/mol. The van der Waals surface area contributed by atoms with Crippen molar-refractivity contribution in [1.29, 1.82) is 0 Å². The smallest absolute Gasteiger partial charge is 0.220 e. The van der Waals surface area contributed by atoms with E-state index in [-0.39, 0.29) is 42.5 Å². The van der Waals surface area contributed by atoms with Crippen molar-refractivity contribution in [2.75, 3.05) is 18.8 Å². The van der Waals surface area contributed by atoms with Crippen LogP contribution in [-0.4, -0.2) is 23.1 Å². The van der Waals surface area contributed by atoms with Gasteiger partial charge in [0.15, 0.2) is 5.82 Å². The van der Waals surface area contributed by atoms with Gasteiger partial charge in [-0.25, -0.2) is 14.4 Å². The Labute approximate surface area is 106 Å². The highest BCUT2D eigenvalue weighted by atomic mass is 35.5. The van der Waals surface area contributed by atoms with Crippen LogP contribution in [0.5, 0.6) is 0 Å². The number of nitrogens with zero attached hydrogens (tertiary/aromatic N) is 2. The second-order valence-corrected chi connectivity index (χ2v) is 3.49. The van der Waals surface area contributed by atoms with Crippen LogP contribution in [-0.2, 0) is 0 Å². The van der Waals surface area contributed by atoms with Gasteiger partial charge < -0.3 is 11.1 Å². The minimum atomic E-state index is -0.342. The van der Waals surface area contributed by atoms with E-state index >= 15 is 0 Å². The van der Waals surface area contributed by atoms with Crippen LogP contribution in [0.4, 0.5) is 10.3 Å². The van der Waals surface area contributed by atoms with Gasteiger partial charge in [0.05, 0.1) is 11.9 Å². The Morgan fingerprint density at radius 1 is 1.31 bits per heavy atom. The molecule has 1 fully saturated rings. The predicted molar refractivity (Wildman–Crippen MR) is 65.7 cm³/mol. The standard InChI is InChI=1S/C9H13FN4.2ClH/c10-7-5-13-9(11)14-8(7)6-1-3-12-4-2-6;;/h5-6,12H,1-4H2,(H2,11,13,14);2*1H. The molecule has 1 aliphatic rings. The summed E-state index contributed by atoms with van der Waals surface area (Å²) in [5.41, 5.74) is 5.90. The number of rotatable bonds is 1. The van der Waals surface area contributed by atoms with Crippen LogP contribution >= 0.6 is 24.8 Å². The second-order valence-electron chi connectivity index (χ2n) is 3.49. The number of hydrogen-bond acceptors (Lipinski definition) is 4. The SMILES string of the molecule is Cl.Cl.Nc1ncc(F)c(C2CCNCC2)n1. The molecule has 0 radical (unpaired) electrons. The fourth-order valence-electron chi connectivity index (χ4n) is 1.78. The maximum Gasteiger partial charge on any atom is 0.220 e. The Hall–Kier alpha value is -0.650. The van der Waals surface area contributed by atoms with Crippen LogP contribution in [0.1, 0.15) is 24.5 Å². The highest BCUT2D eigenvalue weighted by Crippen LogP contribution is 2.25. The normalized spacial score (nSPS) is 16.1. The molecule has 1 aromatic rings. The van der Waals surface area contributed by atoms with Gasteiger partial charge >= 0.3 is 0 Å². The lowest BCUT2D eigenvalue weighted by atomic mass is 9.94. The molecule has 2 heterocycles. The first-order valence-electron chi connectivity index (χ1n) is 4.76. The van der Waals surface area contributed by atoms with Crippen molar-refractivity contribution in [3.63, 3.8) is 0 Å². The summed E-state index contributed by atoms with van der Waals surface area (Å²) in [7, 11) is 0. The molecule has 0 bridgehead atoms. The summed E-state index contributed by atoms with van der Waals surface area (Å²) in [6.45, 7) is 1.82. The zero-order valence-corrected chi connectivity index (χ0v) is 10.3. The summed E-state index contributed by atoms with van der Waals surface area (Å²) in [6.07, 6.45) is 2.97. The molecular weight excluding hydrogens is 254 g/mol. The number of aromatic nitrogens is 2. The highest BCUT2D eigenvalue weighted by Gasteiger charge is 2.20. The summed E-state index contributed by atoms with van der Waals surface area (Å²) < 4.78 is 13.4. The molecule has 0 atom stereocenters. The fourth-order valence-corrected chi connectivity index (χ4v) is 1.78. The molecule has 0 amide bonds. The number of nitrogen functional groups attached to an aromatic ring is 1. The van der Waals surface area contributed by atoms with E-state index in [0.717, 1.165) is 32.1 Å². The van der Waals surface area contributed by atoms with Crippen LogP contribution in [0.2, 0.25) is 0 Å². The molecule has 0 unspecified atom stereocenters. The summed E-state index contributed by atoms with van der Waals surface area (Å²) in [5.74, 6) is -0.00687. The van der Waals surface area contributed by atoms with E-state index in [1.807, 2.05) is 0 Å². The lowest BCUT2D eigenvalue weighted by Gasteiger charge is -2.22. The number of piperidine rings is 1. The van der Waals surface area contributed by atoms with Crippen LogP contribution in [0.3, 0.4) is 0 Å². The quantitative estimate of drug-likeness (QED) is 0.811. The molecule has 0 saturated carbocycles. The Kier molecular flexibility index (Phi) is 6.55. The molecule has 4 nitrogen and oxygen atoms in total. The van der Waals surface area contributed by atoms with Crippen LogP contribution < -0.4 is 11.1 Å². The Bertz CT molecular complexity index is 331. The van der Waals surface area contributed by atoms with Crippen molar-refractivity contribution < 1.29 is 4.39 Å². The number of anilines is 1. The zero-order valence-electron chi connectivity index (χ0n) is 8.65. The molecular formula is C9H15Cl2FN4. The van der Waals surface area contributed by atoms with Crippen molar-refractivity contribution in [2.45, 2.75) is 18.8 Å². The van der Waals surface area contributed by atoms with Crippen molar-refractivity contribution in [3.8, 4) is 0 Å². The third kappa shape index (κ3) is 3.43. The number of hydrogen-bond donors (Lipinski definition) is 2. The first kappa shape index (κ1) is 15.3. The minimum Gasteiger partial charge on any atom is -0.368 e. The van der Waals surface area contributed by atoms with Gasteiger partial charge in [-0.05, 0) is 25.9 Å². The molecule has 1 aromatic heterocycles. The van der Waals surface area contributed by atoms with E-state index in [4.69, 9.17) is 5.73 Å². The summed E-state index contributed by atoms with van der Waals surface area (Å²) in [6, 6.07) is 0. The van der Waals surface area contributed by atoms with Gasteiger partial charge in [-0.15, -0.1) is 24.8 Å². The van der Waals surface area contributed by atoms with E-state index in [0.29, 0.717) is 5.69 Å².